The van der Waals surface area contributed by atoms with Crippen LogP contribution in [0.15, 0.2) is 60.7 Å². The maximum Gasteiger partial charge on any atom is 0.261 e. The Bertz CT molecular complexity index is 673. The minimum absolute atomic E-state index is 0.0529. The van der Waals surface area contributed by atoms with Gasteiger partial charge in [0.05, 0.1) is 0 Å². The van der Waals surface area contributed by atoms with Gasteiger partial charge in [-0.05, 0) is 24.3 Å². The van der Waals surface area contributed by atoms with Crippen LogP contribution in [0.1, 0.15) is 0 Å². The molecule has 0 radical (unpaired) electrons. The molecule has 0 unspecified atom stereocenters. The summed E-state index contributed by atoms with van der Waals surface area (Å²) in [5.41, 5.74) is 0.866. The molecule has 2 aromatic rings. The first-order chi connectivity index (χ1) is 11.2. The van der Waals surface area contributed by atoms with Gasteiger partial charge >= 0.3 is 0 Å². The van der Waals surface area contributed by atoms with Gasteiger partial charge in [0.15, 0.2) is 6.61 Å². The number of nitrogens with zero attached hydrogens (tertiary/aromatic N) is 2. The maximum atomic E-state index is 12.3. The number of hydrogen-bond donors (Lipinski definition) is 0. The zero-order valence-corrected chi connectivity index (χ0v) is 12.7. The number of benzene rings is 2. The fourth-order valence-corrected chi connectivity index (χ4v) is 2.52. The lowest BCUT2D eigenvalue weighted by Crippen LogP contribution is -2.53. The number of piperazine rings is 1. The molecule has 5 heteroatoms. The third kappa shape index (κ3) is 3.69. The van der Waals surface area contributed by atoms with Crippen molar-refractivity contribution in [2.24, 2.45) is 0 Å². The molecule has 5 nitrogen and oxygen atoms in total. The molecule has 0 aliphatic carbocycles. The molecule has 0 bridgehead atoms. The summed E-state index contributed by atoms with van der Waals surface area (Å²) in [6, 6.07) is 18.7. The van der Waals surface area contributed by atoms with Crippen LogP contribution >= 0.6 is 0 Å². The van der Waals surface area contributed by atoms with Crippen LogP contribution in [0, 0.1) is 0 Å². The van der Waals surface area contributed by atoms with E-state index in [4.69, 9.17) is 4.74 Å². The Hall–Kier alpha value is -2.82. The molecule has 1 aliphatic rings. The summed E-state index contributed by atoms with van der Waals surface area (Å²) < 4.78 is 5.45. The topological polar surface area (TPSA) is 49.9 Å². The van der Waals surface area contributed by atoms with Crippen LogP contribution in [0.5, 0.6) is 5.75 Å². The summed E-state index contributed by atoms with van der Waals surface area (Å²) in [6.45, 7) is 1.05. The van der Waals surface area contributed by atoms with Gasteiger partial charge in [-0.15, -0.1) is 0 Å². The van der Waals surface area contributed by atoms with Crippen molar-refractivity contribution in [1.82, 2.24) is 4.90 Å². The lowest BCUT2D eigenvalue weighted by molar-refractivity contribution is -0.138. The van der Waals surface area contributed by atoms with Crippen molar-refractivity contribution in [2.75, 3.05) is 31.1 Å². The first-order valence-electron chi connectivity index (χ1n) is 7.55. The largest absolute Gasteiger partial charge is 0.484 e. The fourth-order valence-electron chi connectivity index (χ4n) is 2.52. The second-order valence-corrected chi connectivity index (χ2v) is 5.30. The van der Waals surface area contributed by atoms with Crippen LogP contribution in [0.2, 0.25) is 0 Å². The van der Waals surface area contributed by atoms with E-state index in [1.54, 1.807) is 21.9 Å². The second-order valence-electron chi connectivity index (χ2n) is 5.30. The van der Waals surface area contributed by atoms with Crippen molar-refractivity contribution in [3.05, 3.63) is 60.7 Å². The van der Waals surface area contributed by atoms with Gasteiger partial charge in [-0.2, -0.15) is 0 Å². The molecule has 1 fully saturated rings. The number of carbonyl (C=O) groups is 2. The predicted octanol–water partition coefficient (Wildman–Crippen LogP) is 1.94. The highest BCUT2D eigenvalue weighted by Gasteiger charge is 2.27. The van der Waals surface area contributed by atoms with Gasteiger partial charge in [-0.3, -0.25) is 9.59 Å². The van der Waals surface area contributed by atoms with E-state index in [9.17, 15) is 9.59 Å². The molecular weight excluding hydrogens is 292 g/mol. The SMILES string of the molecule is O=C(COc1ccccc1)N1CCN(c2ccccc2)C(=O)C1. The third-order valence-electron chi connectivity index (χ3n) is 3.75. The summed E-state index contributed by atoms with van der Waals surface area (Å²) in [5.74, 6) is 0.403. The van der Waals surface area contributed by atoms with E-state index in [1.807, 2.05) is 48.5 Å². The monoisotopic (exact) mass is 310 g/mol. The Labute approximate surface area is 135 Å². The molecule has 0 aromatic heterocycles. The number of carbonyl (C=O) groups excluding carboxylic acids is 2. The smallest absolute Gasteiger partial charge is 0.261 e. The molecular formula is C18H18N2O3. The summed E-state index contributed by atoms with van der Waals surface area (Å²) in [5, 5.41) is 0. The van der Waals surface area contributed by atoms with Gasteiger partial charge in [0.2, 0.25) is 5.91 Å². The van der Waals surface area contributed by atoms with Crippen LogP contribution in [0.25, 0.3) is 0 Å². The van der Waals surface area contributed by atoms with Gasteiger partial charge in [0.1, 0.15) is 12.3 Å². The van der Waals surface area contributed by atoms with Crippen molar-refractivity contribution in [3.63, 3.8) is 0 Å². The molecule has 118 valence electrons. The Kier molecular flexibility index (Phi) is 4.57. The number of rotatable bonds is 4. The van der Waals surface area contributed by atoms with Gasteiger partial charge < -0.3 is 14.5 Å². The van der Waals surface area contributed by atoms with Gasteiger partial charge in [0.25, 0.3) is 5.91 Å². The minimum atomic E-state index is -0.171. The zero-order valence-electron chi connectivity index (χ0n) is 12.7. The molecule has 0 spiro atoms. The standard InChI is InChI=1S/C18H18N2O3/c21-17-13-19(11-12-20(17)15-7-3-1-4-8-15)18(22)14-23-16-9-5-2-6-10-16/h1-10H,11-14H2. The van der Waals surface area contributed by atoms with Crippen molar-refractivity contribution >= 4 is 17.5 Å². The van der Waals surface area contributed by atoms with Gasteiger partial charge in [0, 0.05) is 18.8 Å². The lowest BCUT2D eigenvalue weighted by atomic mass is 10.2. The number of anilines is 1. The average Bonchev–Trinajstić information content (AvgIpc) is 2.61. The van der Waals surface area contributed by atoms with Crippen molar-refractivity contribution in [1.29, 1.82) is 0 Å². The predicted molar refractivity (Wildman–Crippen MR) is 87.3 cm³/mol. The number of amides is 2. The number of hydrogen-bond acceptors (Lipinski definition) is 3. The van der Waals surface area contributed by atoms with E-state index in [1.165, 1.54) is 0 Å². The van der Waals surface area contributed by atoms with E-state index in [2.05, 4.69) is 0 Å². The first-order valence-corrected chi connectivity index (χ1v) is 7.55. The molecule has 0 N–H and O–H groups in total. The van der Waals surface area contributed by atoms with Crippen LogP contribution in [-0.2, 0) is 9.59 Å². The molecule has 2 amide bonds. The molecule has 0 saturated carbocycles. The molecule has 23 heavy (non-hydrogen) atoms. The minimum Gasteiger partial charge on any atom is -0.484 e. The highest BCUT2D eigenvalue weighted by Crippen LogP contribution is 2.17. The van der Waals surface area contributed by atoms with Crippen LogP contribution in [0.4, 0.5) is 5.69 Å². The maximum absolute atomic E-state index is 12.3. The van der Waals surface area contributed by atoms with Crippen LogP contribution < -0.4 is 9.64 Å². The Balaban J connectivity index is 1.55. The molecule has 3 rings (SSSR count). The molecule has 1 aliphatic heterocycles. The van der Waals surface area contributed by atoms with Crippen molar-refractivity contribution in [3.8, 4) is 5.75 Å². The van der Waals surface area contributed by atoms with E-state index < -0.39 is 0 Å². The lowest BCUT2D eigenvalue weighted by Gasteiger charge is -2.34. The third-order valence-corrected chi connectivity index (χ3v) is 3.75. The zero-order chi connectivity index (χ0) is 16.1. The van der Waals surface area contributed by atoms with E-state index in [0.717, 1.165) is 5.69 Å². The molecule has 1 saturated heterocycles. The Morgan fingerprint density at radius 3 is 2.26 bits per heavy atom. The van der Waals surface area contributed by atoms with Crippen LogP contribution in [0.3, 0.4) is 0 Å². The van der Waals surface area contributed by atoms with Gasteiger partial charge in [-0.25, -0.2) is 0 Å². The first kappa shape index (κ1) is 15.1. The van der Waals surface area contributed by atoms with Crippen molar-refractivity contribution in [2.45, 2.75) is 0 Å². The highest BCUT2D eigenvalue weighted by atomic mass is 16.5. The van der Waals surface area contributed by atoms with Crippen molar-refractivity contribution < 1.29 is 14.3 Å². The normalized spacial score (nSPS) is 14.7. The quantitative estimate of drug-likeness (QED) is 0.867. The number of para-hydroxylation sites is 2. The summed E-state index contributed by atoms with van der Waals surface area (Å²) in [7, 11) is 0. The Morgan fingerprint density at radius 2 is 1.61 bits per heavy atom. The van der Waals surface area contributed by atoms with Gasteiger partial charge in [-0.1, -0.05) is 36.4 Å². The number of ether oxygens (including phenoxy) is 1. The van der Waals surface area contributed by atoms with E-state index in [0.29, 0.717) is 18.8 Å². The van der Waals surface area contributed by atoms with E-state index >= 15 is 0 Å². The summed E-state index contributed by atoms with van der Waals surface area (Å²) >= 11 is 0. The highest BCUT2D eigenvalue weighted by molar-refractivity contribution is 5.98. The Morgan fingerprint density at radius 1 is 0.957 bits per heavy atom. The van der Waals surface area contributed by atoms with E-state index in [-0.39, 0.29) is 25.0 Å². The summed E-state index contributed by atoms with van der Waals surface area (Å²) in [6.07, 6.45) is 0. The second kappa shape index (κ2) is 6.96. The molecule has 1 heterocycles. The fraction of sp³-hybridized carbons (Fsp3) is 0.222. The summed E-state index contributed by atoms with van der Waals surface area (Å²) in [4.78, 5) is 27.7. The van der Waals surface area contributed by atoms with Crippen LogP contribution in [-0.4, -0.2) is 43.0 Å². The molecule has 0 atom stereocenters. The average molecular weight is 310 g/mol. The molecule has 2 aromatic carbocycles.